The van der Waals surface area contributed by atoms with Crippen molar-refractivity contribution in [3.05, 3.63) is 47.3 Å². The van der Waals surface area contributed by atoms with Gasteiger partial charge in [0.25, 0.3) is 5.91 Å². The first-order valence-corrected chi connectivity index (χ1v) is 7.30. The van der Waals surface area contributed by atoms with Gasteiger partial charge in [0.1, 0.15) is 18.1 Å². The predicted octanol–water partition coefficient (Wildman–Crippen LogP) is 1.72. The Morgan fingerprint density at radius 3 is 2.83 bits per heavy atom. The summed E-state index contributed by atoms with van der Waals surface area (Å²) < 4.78 is 7.09. The highest BCUT2D eigenvalue weighted by Gasteiger charge is 2.12. The summed E-state index contributed by atoms with van der Waals surface area (Å²) in [6.45, 7) is 4.93. The van der Waals surface area contributed by atoms with E-state index in [2.05, 4.69) is 10.4 Å². The van der Waals surface area contributed by atoms with Crippen LogP contribution in [0.25, 0.3) is 0 Å². The second kappa shape index (κ2) is 7.44. The maximum atomic E-state index is 12.1. The molecule has 1 aromatic heterocycles. The molecular formula is C16H19N3O4. The summed E-state index contributed by atoms with van der Waals surface area (Å²) in [4.78, 5) is 23.0. The van der Waals surface area contributed by atoms with Crippen molar-refractivity contribution in [1.29, 1.82) is 0 Å². The maximum Gasteiger partial charge on any atom is 0.335 e. The molecular weight excluding hydrogens is 298 g/mol. The van der Waals surface area contributed by atoms with E-state index in [1.165, 1.54) is 12.1 Å². The molecule has 0 atom stereocenters. The van der Waals surface area contributed by atoms with E-state index in [0.717, 1.165) is 5.69 Å². The van der Waals surface area contributed by atoms with Crippen molar-refractivity contribution in [1.82, 2.24) is 15.1 Å². The van der Waals surface area contributed by atoms with Crippen LogP contribution in [-0.2, 0) is 6.54 Å². The van der Waals surface area contributed by atoms with Gasteiger partial charge in [0.05, 0.1) is 17.8 Å². The van der Waals surface area contributed by atoms with Crippen molar-refractivity contribution in [2.75, 3.05) is 13.2 Å². The van der Waals surface area contributed by atoms with Gasteiger partial charge in [0.2, 0.25) is 0 Å². The third kappa shape index (κ3) is 4.32. The minimum Gasteiger partial charge on any atom is -0.492 e. The van der Waals surface area contributed by atoms with Gasteiger partial charge in [0.15, 0.2) is 0 Å². The fourth-order valence-electron chi connectivity index (χ4n) is 2.11. The lowest BCUT2D eigenvalue weighted by molar-refractivity contribution is 0.0696. The summed E-state index contributed by atoms with van der Waals surface area (Å²) in [5, 5.41) is 15.9. The number of ether oxygens (including phenoxy) is 1. The number of aromatic nitrogens is 2. The van der Waals surface area contributed by atoms with Crippen molar-refractivity contribution < 1.29 is 19.4 Å². The largest absolute Gasteiger partial charge is 0.492 e. The van der Waals surface area contributed by atoms with Crippen molar-refractivity contribution in [2.24, 2.45) is 0 Å². The van der Waals surface area contributed by atoms with Gasteiger partial charge in [-0.2, -0.15) is 5.10 Å². The molecule has 122 valence electrons. The zero-order valence-electron chi connectivity index (χ0n) is 13.1. The number of aromatic carboxylic acids is 1. The van der Waals surface area contributed by atoms with Crippen LogP contribution < -0.4 is 10.1 Å². The van der Waals surface area contributed by atoms with Crippen LogP contribution in [0.2, 0.25) is 0 Å². The molecule has 0 spiro atoms. The monoisotopic (exact) mass is 317 g/mol. The number of benzene rings is 1. The van der Waals surface area contributed by atoms with Crippen molar-refractivity contribution >= 4 is 11.9 Å². The molecule has 2 aromatic rings. The van der Waals surface area contributed by atoms with Crippen LogP contribution in [0.5, 0.6) is 5.75 Å². The average Bonchev–Trinajstić information content (AvgIpc) is 2.92. The SMILES string of the molecule is CCn1nc(C)cc1C(=O)NCCOc1cccc(C(=O)O)c1. The Morgan fingerprint density at radius 2 is 2.13 bits per heavy atom. The highest BCUT2D eigenvalue weighted by atomic mass is 16.5. The van der Waals surface area contributed by atoms with Crippen molar-refractivity contribution in [3.63, 3.8) is 0 Å². The van der Waals surface area contributed by atoms with Crippen LogP contribution >= 0.6 is 0 Å². The van der Waals surface area contributed by atoms with Gasteiger partial charge < -0.3 is 15.2 Å². The number of carboxylic acids is 1. The van der Waals surface area contributed by atoms with Gasteiger partial charge in [-0.3, -0.25) is 9.48 Å². The molecule has 2 N–H and O–H groups in total. The number of carbonyl (C=O) groups excluding carboxylic acids is 1. The summed E-state index contributed by atoms with van der Waals surface area (Å²) in [7, 11) is 0. The topological polar surface area (TPSA) is 93.5 Å². The normalized spacial score (nSPS) is 10.3. The lowest BCUT2D eigenvalue weighted by Crippen LogP contribution is -2.30. The average molecular weight is 317 g/mol. The molecule has 0 saturated heterocycles. The molecule has 0 aliphatic heterocycles. The predicted molar refractivity (Wildman–Crippen MR) is 83.9 cm³/mol. The Hall–Kier alpha value is -2.83. The molecule has 0 saturated carbocycles. The lowest BCUT2D eigenvalue weighted by atomic mass is 10.2. The number of nitrogens with one attached hydrogen (secondary N) is 1. The van der Waals surface area contributed by atoms with E-state index in [-0.39, 0.29) is 18.1 Å². The molecule has 0 aliphatic carbocycles. The van der Waals surface area contributed by atoms with Crippen LogP contribution in [0.4, 0.5) is 0 Å². The second-order valence-corrected chi connectivity index (χ2v) is 4.92. The number of carbonyl (C=O) groups is 2. The van der Waals surface area contributed by atoms with Crippen LogP contribution in [0.15, 0.2) is 30.3 Å². The van der Waals surface area contributed by atoms with E-state index < -0.39 is 5.97 Å². The van der Waals surface area contributed by atoms with Gasteiger partial charge >= 0.3 is 5.97 Å². The van der Waals surface area contributed by atoms with E-state index in [0.29, 0.717) is 24.5 Å². The summed E-state index contributed by atoms with van der Waals surface area (Å²) >= 11 is 0. The van der Waals surface area contributed by atoms with Crippen LogP contribution in [0.3, 0.4) is 0 Å². The molecule has 0 radical (unpaired) electrons. The maximum absolute atomic E-state index is 12.1. The molecule has 2 rings (SSSR count). The minimum atomic E-state index is -1.01. The number of hydrogen-bond donors (Lipinski definition) is 2. The van der Waals surface area contributed by atoms with Gasteiger partial charge in [-0.25, -0.2) is 4.79 Å². The minimum absolute atomic E-state index is 0.161. The van der Waals surface area contributed by atoms with Gasteiger partial charge in [-0.15, -0.1) is 0 Å². The van der Waals surface area contributed by atoms with E-state index in [9.17, 15) is 9.59 Å². The molecule has 0 aliphatic rings. The molecule has 7 heteroatoms. The van der Waals surface area contributed by atoms with E-state index >= 15 is 0 Å². The fourth-order valence-corrected chi connectivity index (χ4v) is 2.11. The quantitative estimate of drug-likeness (QED) is 0.758. The molecule has 0 bridgehead atoms. The van der Waals surface area contributed by atoms with Crippen LogP contribution in [0, 0.1) is 6.92 Å². The van der Waals surface area contributed by atoms with Gasteiger partial charge in [-0.05, 0) is 38.1 Å². The zero-order valence-corrected chi connectivity index (χ0v) is 13.1. The van der Waals surface area contributed by atoms with E-state index in [1.54, 1.807) is 22.9 Å². The molecule has 1 heterocycles. The first kappa shape index (κ1) is 16.5. The summed E-state index contributed by atoms with van der Waals surface area (Å²) in [5.41, 5.74) is 1.46. The Labute approximate surface area is 133 Å². The molecule has 1 amide bonds. The third-order valence-electron chi connectivity index (χ3n) is 3.17. The van der Waals surface area contributed by atoms with Crippen LogP contribution in [0.1, 0.15) is 33.5 Å². The Bertz CT molecular complexity index is 709. The fraction of sp³-hybridized carbons (Fsp3) is 0.312. The zero-order chi connectivity index (χ0) is 16.8. The highest BCUT2D eigenvalue weighted by Crippen LogP contribution is 2.13. The van der Waals surface area contributed by atoms with E-state index in [4.69, 9.17) is 9.84 Å². The number of hydrogen-bond acceptors (Lipinski definition) is 4. The standard InChI is InChI=1S/C16H19N3O4/c1-3-19-14(9-11(2)18-19)15(20)17-7-8-23-13-6-4-5-12(10-13)16(21)22/h4-6,9-10H,3,7-8H2,1-2H3,(H,17,20)(H,21,22). The number of nitrogens with zero attached hydrogens (tertiary/aromatic N) is 2. The molecule has 23 heavy (non-hydrogen) atoms. The number of aryl methyl sites for hydroxylation is 2. The van der Waals surface area contributed by atoms with Crippen molar-refractivity contribution in [3.8, 4) is 5.75 Å². The van der Waals surface area contributed by atoms with Gasteiger partial charge in [0, 0.05) is 6.54 Å². The molecule has 7 nitrogen and oxygen atoms in total. The Kier molecular flexibility index (Phi) is 5.35. The number of amides is 1. The lowest BCUT2D eigenvalue weighted by Gasteiger charge is -2.09. The Morgan fingerprint density at radius 1 is 1.35 bits per heavy atom. The second-order valence-electron chi connectivity index (χ2n) is 4.92. The number of carboxylic acid groups (broad SMARTS) is 1. The summed E-state index contributed by atoms with van der Waals surface area (Å²) in [6.07, 6.45) is 0. The third-order valence-corrected chi connectivity index (χ3v) is 3.17. The highest BCUT2D eigenvalue weighted by molar-refractivity contribution is 5.92. The molecule has 1 aromatic carbocycles. The van der Waals surface area contributed by atoms with Gasteiger partial charge in [-0.1, -0.05) is 6.07 Å². The number of rotatable bonds is 7. The molecule has 0 unspecified atom stereocenters. The van der Waals surface area contributed by atoms with E-state index in [1.807, 2.05) is 13.8 Å². The first-order valence-electron chi connectivity index (χ1n) is 7.30. The molecule has 0 fully saturated rings. The van der Waals surface area contributed by atoms with Crippen molar-refractivity contribution in [2.45, 2.75) is 20.4 Å². The van der Waals surface area contributed by atoms with Crippen LogP contribution in [-0.4, -0.2) is 39.9 Å². The summed E-state index contributed by atoms with van der Waals surface area (Å²) in [6, 6.07) is 7.95. The Balaban J connectivity index is 1.84. The summed E-state index contributed by atoms with van der Waals surface area (Å²) in [5.74, 6) is -0.768. The first-order chi connectivity index (χ1) is 11.0. The smallest absolute Gasteiger partial charge is 0.335 e.